The molecule has 4 aromatic rings. The summed E-state index contributed by atoms with van der Waals surface area (Å²) in [4.78, 5) is 16.7. The monoisotopic (exact) mass is 729 g/mol. The molecule has 15 heteroatoms. The van der Waals surface area contributed by atoms with E-state index in [0.29, 0.717) is 41.1 Å². The minimum absolute atomic E-state index is 0.0560. The smallest absolute Gasteiger partial charge is 0.393 e. The van der Waals surface area contributed by atoms with Crippen LogP contribution in [-0.2, 0) is 29.3 Å². The standard InChI is InChI=1S/C35H42F3N7O3S2/c1-23-24(4-5-30-28(23)16-25(19-39)45(30)15-14-42-10-6-27(7-11-42)50(3,46)47)20-43-12-8-34(21-43)9-13-44(22-34)31-29-17-26(18-35(36,37)38)49-32(29)41-33(40-31)48-2/h4-5,16-17,27H,6-15,18,20-22H2,1-3H3. The minimum Gasteiger partial charge on any atom is -0.467 e. The van der Waals surface area contributed by atoms with Crippen molar-refractivity contribution in [3.8, 4) is 12.1 Å². The molecule has 50 heavy (non-hydrogen) atoms. The first-order chi connectivity index (χ1) is 23.7. The quantitative estimate of drug-likeness (QED) is 0.219. The van der Waals surface area contributed by atoms with Gasteiger partial charge in [0.15, 0.2) is 0 Å². The van der Waals surface area contributed by atoms with Gasteiger partial charge in [0.2, 0.25) is 0 Å². The molecule has 3 fully saturated rings. The largest absolute Gasteiger partial charge is 0.467 e. The highest BCUT2D eigenvalue weighted by Crippen LogP contribution is 2.44. The third-order valence-electron chi connectivity index (χ3n) is 11.0. The van der Waals surface area contributed by atoms with Crippen LogP contribution >= 0.6 is 11.3 Å². The van der Waals surface area contributed by atoms with E-state index < -0.39 is 22.4 Å². The zero-order valence-corrected chi connectivity index (χ0v) is 30.2. The lowest BCUT2D eigenvalue weighted by Crippen LogP contribution is -2.40. The van der Waals surface area contributed by atoms with E-state index in [-0.39, 0.29) is 21.6 Å². The average Bonchev–Trinajstić information content (AvgIpc) is 3.85. The van der Waals surface area contributed by atoms with Gasteiger partial charge in [0.05, 0.1) is 24.2 Å². The van der Waals surface area contributed by atoms with E-state index in [4.69, 9.17) is 4.74 Å². The van der Waals surface area contributed by atoms with Crippen LogP contribution in [0, 0.1) is 23.7 Å². The minimum atomic E-state index is -4.30. The fourth-order valence-electron chi connectivity index (χ4n) is 8.24. The lowest BCUT2D eigenvalue weighted by atomic mass is 9.86. The van der Waals surface area contributed by atoms with Crippen LogP contribution in [0.15, 0.2) is 24.3 Å². The normalized spacial score (nSPS) is 21.3. The molecule has 6 heterocycles. The third kappa shape index (κ3) is 7.04. The molecule has 0 N–H and O–H groups in total. The molecule has 0 aliphatic carbocycles. The lowest BCUT2D eigenvalue weighted by Gasteiger charge is -2.31. The Labute approximate surface area is 294 Å². The maximum Gasteiger partial charge on any atom is 0.393 e. The Morgan fingerprint density at radius 2 is 1.80 bits per heavy atom. The van der Waals surface area contributed by atoms with Crippen molar-refractivity contribution in [3.05, 3.63) is 46.0 Å². The second-order valence-corrected chi connectivity index (χ2v) is 17.8. The number of anilines is 1. The molecule has 10 nitrogen and oxygen atoms in total. The van der Waals surface area contributed by atoms with E-state index in [0.717, 1.165) is 87.4 Å². The zero-order chi connectivity index (χ0) is 35.4. The van der Waals surface area contributed by atoms with Gasteiger partial charge in [-0.2, -0.15) is 28.4 Å². The number of ether oxygens (including phenoxy) is 1. The van der Waals surface area contributed by atoms with E-state index >= 15 is 0 Å². The predicted octanol–water partition coefficient (Wildman–Crippen LogP) is 5.55. The fourth-order valence-corrected chi connectivity index (χ4v) is 10.3. The molecule has 7 rings (SSSR count). The highest BCUT2D eigenvalue weighted by atomic mass is 32.2. The number of methoxy groups -OCH3 is 1. The third-order valence-corrected chi connectivity index (χ3v) is 13.7. The number of nitrogens with zero attached hydrogens (tertiary/aromatic N) is 7. The van der Waals surface area contributed by atoms with Crippen LogP contribution in [0.3, 0.4) is 0 Å². The van der Waals surface area contributed by atoms with Gasteiger partial charge < -0.3 is 19.1 Å². The summed E-state index contributed by atoms with van der Waals surface area (Å²) in [5, 5.41) is 11.5. The van der Waals surface area contributed by atoms with Crippen molar-refractivity contribution in [2.75, 3.05) is 64.1 Å². The summed E-state index contributed by atoms with van der Waals surface area (Å²) >= 11 is 1.04. The number of hydrogen-bond donors (Lipinski definition) is 0. The van der Waals surface area contributed by atoms with E-state index in [1.54, 1.807) is 6.07 Å². The molecular formula is C35H42F3N7O3S2. The number of piperidine rings is 1. The van der Waals surface area contributed by atoms with Gasteiger partial charge in [-0.1, -0.05) is 6.07 Å². The number of aryl methyl sites for hydroxylation is 1. The molecule has 268 valence electrons. The van der Waals surface area contributed by atoms with Crippen LogP contribution in [0.25, 0.3) is 21.1 Å². The number of rotatable bonds is 9. The highest BCUT2D eigenvalue weighted by molar-refractivity contribution is 7.91. The summed E-state index contributed by atoms with van der Waals surface area (Å²) in [7, 11) is -1.55. The van der Waals surface area contributed by atoms with Gasteiger partial charge in [0.25, 0.3) is 0 Å². The van der Waals surface area contributed by atoms with Crippen LogP contribution in [-0.4, -0.2) is 103 Å². The molecule has 0 saturated carbocycles. The van der Waals surface area contributed by atoms with Crippen molar-refractivity contribution in [1.29, 1.82) is 5.26 Å². The number of benzene rings is 1. The van der Waals surface area contributed by atoms with Gasteiger partial charge >= 0.3 is 12.2 Å². The molecule has 1 spiro atoms. The Hall–Kier alpha value is -3.45. The van der Waals surface area contributed by atoms with Crippen molar-refractivity contribution in [1.82, 2.24) is 24.3 Å². The van der Waals surface area contributed by atoms with Crippen LogP contribution in [0.5, 0.6) is 6.01 Å². The number of aromatic nitrogens is 3. The van der Waals surface area contributed by atoms with Crippen LogP contribution < -0.4 is 9.64 Å². The number of sulfone groups is 1. The van der Waals surface area contributed by atoms with Gasteiger partial charge in [0, 0.05) is 66.7 Å². The first kappa shape index (κ1) is 35.0. The van der Waals surface area contributed by atoms with Crippen molar-refractivity contribution in [2.24, 2.45) is 5.41 Å². The number of likely N-dealkylation sites (tertiary alicyclic amines) is 2. The van der Waals surface area contributed by atoms with Crippen molar-refractivity contribution < 1.29 is 26.3 Å². The Kier molecular flexibility index (Phi) is 9.28. The molecule has 3 saturated heterocycles. The Bertz CT molecular complexity index is 2070. The molecule has 1 atom stereocenters. The molecular weight excluding hydrogens is 688 g/mol. The van der Waals surface area contributed by atoms with E-state index in [2.05, 4.69) is 54.4 Å². The molecule has 3 aromatic heterocycles. The van der Waals surface area contributed by atoms with Gasteiger partial charge in [-0.05, 0) is 81.6 Å². The Morgan fingerprint density at radius 3 is 2.50 bits per heavy atom. The molecule has 1 aromatic carbocycles. The number of alkyl halides is 3. The van der Waals surface area contributed by atoms with Crippen LogP contribution in [0.1, 0.15) is 47.4 Å². The molecule has 1 unspecified atom stereocenters. The summed E-state index contributed by atoms with van der Waals surface area (Å²) in [5.74, 6) is 0.643. The molecule has 0 bridgehead atoms. The predicted molar refractivity (Wildman–Crippen MR) is 189 cm³/mol. The Morgan fingerprint density at radius 1 is 1.04 bits per heavy atom. The van der Waals surface area contributed by atoms with E-state index in [9.17, 15) is 26.9 Å². The molecule has 0 amide bonds. The summed E-state index contributed by atoms with van der Waals surface area (Å²) < 4.78 is 70.9. The SMILES string of the molecule is COc1nc(N2CCC3(CCN(Cc4ccc5c(cc(C#N)n5CCN5CCC(S(C)(=O)=O)CC5)c4C)C3)C2)c2cc(CC(F)(F)F)sc2n1. The topological polar surface area (TPSA) is 108 Å². The van der Waals surface area contributed by atoms with Crippen molar-refractivity contribution in [3.63, 3.8) is 0 Å². The number of halogens is 3. The van der Waals surface area contributed by atoms with Gasteiger partial charge in [-0.15, -0.1) is 11.3 Å². The molecule has 0 radical (unpaired) electrons. The van der Waals surface area contributed by atoms with Gasteiger partial charge in [-0.3, -0.25) is 4.90 Å². The van der Waals surface area contributed by atoms with Gasteiger partial charge in [-0.25, -0.2) is 8.42 Å². The van der Waals surface area contributed by atoms with Gasteiger partial charge in [0.1, 0.15) is 32.2 Å². The first-order valence-electron chi connectivity index (χ1n) is 17.1. The number of fused-ring (bicyclic) bond motifs is 2. The van der Waals surface area contributed by atoms with Crippen LogP contribution in [0.4, 0.5) is 19.0 Å². The second-order valence-electron chi connectivity index (χ2n) is 14.3. The molecule has 3 aliphatic rings. The number of thiophene rings is 1. The Balaban J connectivity index is 1.03. The molecule has 3 aliphatic heterocycles. The van der Waals surface area contributed by atoms with E-state index in [1.165, 1.54) is 24.5 Å². The summed E-state index contributed by atoms with van der Waals surface area (Å²) in [6.07, 6.45) is -0.675. The second kappa shape index (κ2) is 13.3. The highest BCUT2D eigenvalue weighted by Gasteiger charge is 2.44. The average molecular weight is 730 g/mol. The van der Waals surface area contributed by atoms with Crippen molar-refractivity contribution >= 4 is 48.1 Å². The first-order valence-corrected chi connectivity index (χ1v) is 19.8. The zero-order valence-electron chi connectivity index (χ0n) is 28.6. The van der Waals surface area contributed by atoms with Crippen LogP contribution in [0.2, 0.25) is 0 Å². The maximum absolute atomic E-state index is 13.2. The number of hydrogen-bond acceptors (Lipinski definition) is 10. The fraction of sp³-hybridized carbons (Fsp3) is 0.571. The summed E-state index contributed by atoms with van der Waals surface area (Å²) in [6.45, 7) is 9.22. The summed E-state index contributed by atoms with van der Waals surface area (Å²) in [6, 6.07) is 10.4. The maximum atomic E-state index is 13.2. The van der Waals surface area contributed by atoms with E-state index in [1.807, 2.05) is 6.07 Å². The van der Waals surface area contributed by atoms with Crippen molar-refractivity contribution in [2.45, 2.75) is 63.5 Å². The number of nitriles is 1. The summed E-state index contributed by atoms with van der Waals surface area (Å²) in [5.41, 5.74) is 4.12. The lowest BCUT2D eigenvalue weighted by molar-refractivity contribution is -0.126.